The summed E-state index contributed by atoms with van der Waals surface area (Å²) < 4.78 is 26.3. The Balaban J connectivity index is 2.39. The number of halogens is 1. The van der Waals surface area contributed by atoms with Gasteiger partial charge in [-0.15, -0.1) is 11.3 Å². The van der Waals surface area contributed by atoms with Crippen LogP contribution in [0.25, 0.3) is 0 Å². The summed E-state index contributed by atoms with van der Waals surface area (Å²) in [4.78, 5) is 10.3. The Kier molecular flexibility index (Phi) is 4.13. The minimum atomic E-state index is -3.96. The van der Waals surface area contributed by atoms with E-state index in [1.54, 1.807) is 0 Å². The van der Waals surface area contributed by atoms with Crippen molar-refractivity contribution in [1.29, 1.82) is 5.26 Å². The molecule has 0 aliphatic rings. The third-order valence-corrected chi connectivity index (χ3v) is 5.54. The number of nitrogens with one attached hydrogen (secondary N) is 1. The van der Waals surface area contributed by atoms with Crippen molar-refractivity contribution in [3.8, 4) is 6.07 Å². The molecule has 0 unspecified atom stereocenters. The third-order valence-electron chi connectivity index (χ3n) is 2.36. The molecule has 1 aromatic carbocycles. The SMILES string of the molecule is N#Cc1ccc(S(=O)(=O)Nc2cc([N+](=O)[O-])ccc2Cl)s1. The molecule has 10 heteroatoms. The van der Waals surface area contributed by atoms with E-state index in [2.05, 4.69) is 4.72 Å². The first-order valence-electron chi connectivity index (χ1n) is 5.30. The highest BCUT2D eigenvalue weighted by Gasteiger charge is 2.20. The maximum absolute atomic E-state index is 12.1. The highest BCUT2D eigenvalue weighted by molar-refractivity contribution is 7.94. The van der Waals surface area contributed by atoms with Gasteiger partial charge in [-0.3, -0.25) is 14.8 Å². The van der Waals surface area contributed by atoms with Gasteiger partial charge in [-0.05, 0) is 18.2 Å². The first kappa shape index (κ1) is 15.2. The quantitative estimate of drug-likeness (QED) is 0.677. The number of hydrogen-bond acceptors (Lipinski definition) is 6. The minimum absolute atomic E-state index is 0.0289. The number of hydrogen-bond donors (Lipinski definition) is 1. The molecule has 0 amide bonds. The van der Waals surface area contributed by atoms with Crippen molar-refractivity contribution in [3.05, 3.63) is 50.3 Å². The van der Waals surface area contributed by atoms with Gasteiger partial charge < -0.3 is 0 Å². The van der Waals surface area contributed by atoms with E-state index in [1.807, 2.05) is 6.07 Å². The Bertz CT molecular complexity index is 855. The normalized spacial score (nSPS) is 10.9. The largest absolute Gasteiger partial charge is 0.277 e. The zero-order valence-electron chi connectivity index (χ0n) is 10.1. The van der Waals surface area contributed by atoms with E-state index in [1.165, 1.54) is 24.3 Å². The fraction of sp³-hybridized carbons (Fsp3) is 0. The molecule has 1 aromatic heterocycles. The first-order valence-corrected chi connectivity index (χ1v) is 7.98. The molecule has 7 nitrogen and oxygen atoms in total. The third kappa shape index (κ3) is 3.30. The maximum Gasteiger partial charge on any atom is 0.271 e. The Labute approximate surface area is 128 Å². The zero-order valence-corrected chi connectivity index (χ0v) is 12.5. The lowest BCUT2D eigenvalue weighted by Crippen LogP contribution is -2.12. The monoisotopic (exact) mass is 343 g/mol. The van der Waals surface area contributed by atoms with E-state index in [9.17, 15) is 18.5 Å². The van der Waals surface area contributed by atoms with Crippen LogP contribution in [0.2, 0.25) is 5.02 Å². The smallest absolute Gasteiger partial charge is 0.271 e. The average molecular weight is 344 g/mol. The molecular weight excluding hydrogens is 338 g/mol. The second-order valence-corrected chi connectivity index (χ2v) is 7.16. The van der Waals surface area contributed by atoms with E-state index < -0.39 is 14.9 Å². The molecule has 0 radical (unpaired) electrons. The van der Waals surface area contributed by atoms with Gasteiger partial charge in [-0.2, -0.15) is 5.26 Å². The van der Waals surface area contributed by atoms with Crippen molar-refractivity contribution < 1.29 is 13.3 Å². The highest BCUT2D eigenvalue weighted by Crippen LogP contribution is 2.30. The molecule has 0 atom stereocenters. The number of thiophene rings is 1. The van der Waals surface area contributed by atoms with Crippen molar-refractivity contribution in [3.63, 3.8) is 0 Å². The summed E-state index contributed by atoms with van der Waals surface area (Å²) >= 11 is 6.62. The molecule has 2 rings (SSSR count). The van der Waals surface area contributed by atoms with Crippen molar-refractivity contribution >= 4 is 44.3 Å². The van der Waals surface area contributed by atoms with Gasteiger partial charge in [0.25, 0.3) is 15.7 Å². The van der Waals surface area contributed by atoms with Gasteiger partial charge in [-0.1, -0.05) is 11.6 Å². The molecule has 108 valence electrons. The number of non-ortho nitro benzene ring substituents is 1. The Hall–Kier alpha value is -2.15. The number of benzene rings is 1. The average Bonchev–Trinajstić information content (AvgIpc) is 2.90. The number of sulfonamides is 1. The van der Waals surface area contributed by atoms with Crippen LogP contribution in [0.1, 0.15) is 4.88 Å². The molecule has 0 saturated heterocycles. The molecule has 1 heterocycles. The van der Waals surface area contributed by atoms with Gasteiger partial charge in [0.1, 0.15) is 15.2 Å². The van der Waals surface area contributed by atoms with Crippen molar-refractivity contribution in [2.75, 3.05) is 4.72 Å². The highest BCUT2D eigenvalue weighted by atomic mass is 35.5. The van der Waals surface area contributed by atoms with Crippen LogP contribution in [0.15, 0.2) is 34.5 Å². The van der Waals surface area contributed by atoms with Crippen LogP contribution in [0, 0.1) is 21.4 Å². The lowest BCUT2D eigenvalue weighted by Gasteiger charge is -2.07. The van der Waals surface area contributed by atoms with Gasteiger partial charge in [0.15, 0.2) is 0 Å². The maximum atomic E-state index is 12.1. The molecule has 0 aliphatic heterocycles. The van der Waals surface area contributed by atoms with E-state index >= 15 is 0 Å². The van der Waals surface area contributed by atoms with E-state index in [0.29, 0.717) is 0 Å². The van der Waals surface area contributed by atoms with Crippen LogP contribution in [-0.4, -0.2) is 13.3 Å². The summed E-state index contributed by atoms with van der Waals surface area (Å²) in [6.45, 7) is 0. The number of nitrogens with zero attached hydrogens (tertiary/aromatic N) is 2. The number of rotatable bonds is 4. The van der Waals surface area contributed by atoms with Gasteiger partial charge in [0, 0.05) is 12.1 Å². The van der Waals surface area contributed by atoms with Gasteiger partial charge in [0.05, 0.1) is 15.6 Å². The van der Waals surface area contributed by atoms with Crippen molar-refractivity contribution in [2.45, 2.75) is 4.21 Å². The Morgan fingerprint density at radius 3 is 2.62 bits per heavy atom. The summed E-state index contributed by atoms with van der Waals surface area (Å²) in [5.41, 5.74) is -0.390. The standard InChI is InChI=1S/C11H6ClN3O4S2/c12-9-3-1-7(15(16)17)5-10(9)14-21(18,19)11-4-2-8(6-13)20-11/h1-5,14H. The molecule has 2 aromatic rings. The van der Waals surface area contributed by atoms with E-state index in [0.717, 1.165) is 17.4 Å². The fourth-order valence-electron chi connectivity index (χ4n) is 1.42. The first-order chi connectivity index (χ1) is 9.83. The van der Waals surface area contributed by atoms with Gasteiger partial charge in [-0.25, -0.2) is 8.42 Å². The Morgan fingerprint density at radius 1 is 1.33 bits per heavy atom. The summed E-state index contributed by atoms with van der Waals surface area (Å²) in [7, 11) is -3.96. The second kappa shape index (κ2) is 5.69. The number of nitro benzene ring substituents is 1. The summed E-state index contributed by atoms with van der Waals surface area (Å²) in [5.74, 6) is 0. The second-order valence-electron chi connectivity index (χ2n) is 3.76. The molecule has 21 heavy (non-hydrogen) atoms. The molecule has 0 bridgehead atoms. The molecule has 0 fully saturated rings. The van der Waals surface area contributed by atoms with E-state index in [4.69, 9.17) is 16.9 Å². The van der Waals surface area contributed by atoms with E-state index in [-0.39, 0.29) is 25.5 Å². The van der Waals surface area contributed by atoms with Crippen LogP contribution >= 0.6 is 22.9 Å². The van der Waals surface area contributed by atoms with Gasteiger partial charge in [0.2, 0.25) is 0 Å². The number of nitriles is 1. The van der Waals surface area contributed by atoms with Gasteiger partial charge >= 0.3 is 0 Å². The minimum Gasteiger partial charge on any atom is -0.277 e. The molecule has 0 aliphatic carbocycles. The predicted octanol–water partition coefficient (Wildman–Crippen LogP) is 2.98. The predicted molar refractivity (Wildman–Crippen MR) is 77.9 cm³/mol. The summed E-state index contributed by atoms with van der Waals surface area (Å²) in [6, 6.07) is 7.89. The number of anilines is 1. The molecule has 0 saturated carbocycles. The summed E-state index contributed by atoms with van der Waals surface area (Å²) in [5, 5.41) is 19.4. The zero-order chi connectivity index (χ0) is 15.6. The lowest BCUT2D eigenvalue weighted by atomic mass is 10.3. The van der Waals surface area contributed by atoms with Crippen LogP contribution in [0.5, 0.6) is 0 Å². The molecule has 1 N–H and O–H groups in total. The summed E-state index contributed by atoms with van der Waals surface area (Å²) in [6.07, 6.45) is 0. The van der Waals surface area contributed by atoms with Crippen molar-refractivity contribution in [1.82, 2.24) is 0 Å². The topological polar surface area (TPSA) is 113 Å². The van der Waals surface area contributed by atoms with Crippen LogP contribution < -0.4 is 4.72 Å². The fourth-order valence-corrected chi connectivity index (χ4v) is 3.82. The molecular formula is C11H6ClN3O4S2. The number of nitro groups is 1. The van der Waals surface area contributed by atoms with Crippen molar-refractivity contribution in [2.24, 2.45) is 0 Å². The van der Waals surface area contributed by atoms with Crippen LogP contribution in [0.3, 0.4) is 0 Å². The van der Waals surface area contributed by atoms with Crippen LogP contribution in [-0.2, 0) is 10.0 Å². The molecule has 0 spiro atoms. The Morgan fingerprint density at radius 2 is 2.05 bits per heavy atom. The van der Waals surface area contributed by atoms with Crippen LogP contribution in [0.4, 0.5) is 11.4 Å². The lowest BCUT2D eigenvalue weighted by molar-refractivity contribution is -0.384.